The number of amides is 1. The van der Waals surface area contributed by atoms with Crippen LogP contribution >= 0.6 is 11.3 Å². The van der Waals surface area contributed by atoms with E-state index >= 15 is 0 Å². The Morgan fingerprint density at radius 2 is 1.69 bits per heavy atom. The molecule has 0 bridgehead atoms. The lowest BCUT2D eigenvalue weighted by molar-refractivity contribution is -0.394. The topological polar surface area (TPSA) is 123 Å². The van der Waals surface area contributed by atoms with Gasteiger partial charge in [0.2, 0.25) is 0 Å². The number of likely N-dealkylation sites (N-methyl/N-ethyl adjacent to an activating group) is 1. The summed E-state index contributed by atoms with van der Waals surface area (Å²) in [4.78, 5) is 41.9. The maximum absolute atomic E-state index is 14.2. The Balaban J connectivity index is 2.07. The number of aromatic nitrogens is 1. The van der Waals surface area contributed by atoms with Crippen molar-refractivity contribution in [3.63, 3.8) is 0 Å². The third-order valence-electron chi connectivity index (χ3n) is 4.94. The summed E-state index contributed by atoms with van der Waals surface area (Å²) in [5, 5.41) is 22.7. The molecule has 3 aromatic rings. The van der Waals surface area contributed by atoms with E-state index in [1.165, 1.54) is 17.0 Å². The number of nitro benzene ring substituents is 2. The molecule has 3 rings (SSSR count). The molecule has 0 atom stereocenters. The number of hydrogen-bond donors (Lipinski definition) is 0. The predicted octanol–water partition coefficient (Wildman–Crippen LogP) is 4.24. The van der Waals surface area contributed by atoms with Gasteiger partial charge in [-0.3, -0.25) is 29.9 Å². The standard InChI is InChI=1S/C20H20FN5O5S/c1-3-23(4-2)8-9-24(20-22-18-16(21)6-5-7-17(18)32-20)19(27)13-10-14(25(28)29)12-15(11-13)26(30)31/h5-7,10-12H,3-4,8-9H2,1-2H3. The van der Waals surface area contributed by atoms with Crippen LogP contribution in [0.4, 0.5) is 20.9 Å². The molecule has 0 spiro atoms. The van der Waals surface area contributed by atoms with Gasteiger partial charge >= 0.3 is 0 Å². The van der Waals surface area contributed by atoms with Crippen molar-refractivity contribution in [1.29, 1.82) is 0 Å². The Kier molecular flexibility index (Phi) is 7.05. The minimum absolute atomic E-state index is 0.109. The lowest BCUT2D eigenvalue weighted by Gasteiger charge is -2.24. The SMILES string of the molecule is CCN(CC)CCN(C(=O)c1cc([N+](=O)[O-])cc([N+](=O)[O-])c1)c1nc2c(F)cccc2s1. The van der Waals surface area contributed by atoms with E-state index in [2.05, 4.69) is 9.88 Å². The number of carbonyl (C=O) groups excluding carboxylic acids is 1. The van der Waals surface area contributed by atoms with Crippen LogP contribution in [0.1, 0.15) is 24.2 Å². The number of carbonyl (C=O) groups is 1. The highest BCUT2D eigenvalue weighted by Gasteiger charge is 2.26. The van der Waals surface area contributed by atoms with Gasteiger partial charge in [0.1, 0.15) is 11.3 Å². The number of anilines is 1. The monoisotopic (exact) mass is 461 g/mol. The first kappa shape index (κ1) is 23.2. The van der Waals surface area contributed by atoms with Crippen molar-refractivity contribution in [1.82, 2.24) is 9.88 Å². The molecule has 0 aliphatic rings. The summed E-state index contributed by atoms with van der Waals surface area (Å²) in [5.41, 5.74) is -1.24. The second kappa shape index (κ2) is 9.75. The van der Waals surface area contributed by atoms with Crippen molar-refractivity contribution >= 4 is 44.0 Å². The zero-order valence-electron chi connectivity index (χ0n) is 17.4. The third kappa shape index (κ3) is 4.86. The largest absolute Gasteiger partial charge is 0.302 e. The third-order valence-corrected chi connectivity index (χ3v) is 5.98. The van der Waals surface area contributed by atoms with Crippen molar-refractivity contribution in [2.45, 2.75) is 13.8 Å². The molecule has 0 unspecified atom stereocenters. The summed E-state index contributed by atoms with van der Waals surface area (Å²) >= 11 is 1.10. The molecule has 1 aromatic heterocycles. The van der Waals surface area contributed by atoms with E-state index in [0.717, 1.165) is 42.6 Å². The van der Waals surface area contributed by atoms with Crippen LogP contribution in [-0.4, -0.2) is 51.8 Å². The number of nitrogens with zero attached hydrogens (tertiary/aromatic N) is 5. The predicted molar refractivity (Wildman–Crippen MR) is 119 cm³/mol. The number of non-ortho nitro benzene ring substituents is 2. The molecule has 0 saturated heterocycles. The molecule has 1 heterocycles. The molecule has 2 aromatic carbocycles. The zero-order valence-corrected chi connectivity index (χ0v) is 18.2. The fourth-order valence-corrected chi connectivity index (χ4v) is 4.17. The van der Waals surface area contributed by atoms with Crippen molar-refractivity contribution < 1.29 is 19.0 Å². The van der Waals surface area contributed by atoms with Gasteiger partial charge in [0, 0.05) is 25.2 Å². The van der Waals surface area contributed by atoms with E-state index in [1.807, 2.05) is 13.8 Å². The van der Waals surface area contributed by atoms with Gasteiger partial charge in [-0.15, -0.1) is 0 Å². The van der Waals surface area contributed by atoms with Crippen LogP contribution in [0.25, 0.3) is 10.2 Å². The second-order valence-electron chi connectivity index (χ2n) is 6.82. The molecule has 0 fully saturated rings. The lowest BCUT2D eigenvalue weighted by atomic mass is 10.1. The molecule has 0 radical (unpaired) electrons. The minimum Gasteiger partial charge on any atom is -0.302 e. The molecule has 1 amide bonds. The number of nitro groups is 2. The Bertz CT molecular complexity index is 1150. The highest BCUT2D eigenvalue weighted by molar-refractivity contribution is 7.22. The van der Waals surface area contributed by atoms with Crippen LogP contribution in [0, 0.1) is 26.0 Å². The summed E-state index contributed by atoms with van der Waals surface area (Å²) < 4.78 is 14.7. The average Bonchev–Trinajstić information content (AvgIpc) is 3.21. The van der Waals surface area contributed by atoms with Crippen LogP contribution in [0.3, 0.4) is 0 Å². The van der Waals surface area contributed by atoms with Crippen LogP contribution < -0.4 is 4.90 Å². The smallest absolute Gasteiger partial charge is 0.277 e. The van der Waals surface area contributed by atoms with Crippen LogP contribution in [0.15, 0.2) is 36.4 Å². The van der Waals surface area contributed by atoms with E-state index < -0.39 is 32.9 Å². The summed E-state index contributed by atoms with van der Waals surface area (Å²) in [5.74, 6) is -1.23. The van der Waals surface area contributed by atoms with Crippen LogP contribution in [0.5, 0.6) is 0 Å². The van der Waals surface area contributed by atoms with Crippen molar-refractivity contribution in [3.8, 4) is 0 Å². The van der Waals surface area contributed by atoms with E-state index in [4.69, 9.17) is 0 Å². The van der Waals surface area contributed by atoms with Gasteiger partial charge in [-0.25, -0.2) is 9.37 Å². The Morgan fingerprint density at radius 1 is 1.06 bits per heavy atom. The van der Waals surface area contributed by atoms with Gasteiger partial charge in [0.15, 0.2) is 5.13 Å². The molecule has 0 N–H and O–H groups in total. The number of para-hydroxylation sites is 1. The van der Waals surface area contributed by atoms with Gasteiger partial charge < -0.3 is 4.90 Å². The summed E-state index contributed by atoms with van der Waals surface area (Å²) in [6.45, 7) is 6.02. The van der Waals surface area contributed by atoms with Crippen LogP contribution in [0.2, 0.25) is 0 Å². The normalized spacial score (nSPS) is 11.1. The van der Waals surface area contributed by atoms with Gasteiger partial charge in [0.25, 0.3) is 17.3 Å². The minimum atomic E-state index is -0.795. The van der Waals surface area contributed by atoms with Crippen molar-refractivity contribution in [2.75, 3.05) is 31.1 Å². The number of thiazole rings is 1. The number of rotatable bonds is 9. The Hall–Kier alpha value is -3.51. The molecule has 32 heavy (non-hydrogen) atoms. The number of hydrogen-bond acceptors (Lipinski definition) is 8. The highest BCUT2D eigenvalue weighted by atomic mass is 32.1. The molecular formula is C20H20FN5O5S. The summed E-state index contributed by atoms with van der Waals surface area (Å²) in [7, 11) is 0. The molecule has 12 heteroatoms. The Labute approximate surface area is 186 Å². The fraction of sp³-hybridized carbons (Fsp3) is 0.300. The maximum Gasteiger partial charge on any atom is 0.277 e. The maximum atomic E-state index is 14.2. The van der Waals surface area contributed by atoms with Crippen molar-refractivity contribution in [2.24, 2.45) is 0 Å². The van der Waals surface area contributed by atoms with E-state index in [9.17, 15) is 29.4 Å². The number of fused-ring (bicyclic) bond motifs is 1. The quantitative estimate of drug-likeness (QED) is 0.345. The van der Waals surface area contributed by atoms with E-state index in [0.29, 0.717) is 11.2 Å². The molecule has 0 aliphatic heterocycles. The molecule has 10 nitrogen and oxygen atoms in total. The van der Waals surface area contributed by atoms with Gasteiger partial charge in [-0.2, -0.15) is 0 Å². The average molecular weight is 461 g/mol. The second-order valence-corrected chi connectivity index (χ2v) is 7.83. The Morgan fingerprint density at radius 3 is 2.22 bits per heavy atom. The number of benzene rings is 2. The van der Waals surface area contributed by atoms with Crippen molar-refractivity contribution in [3.05, 3.63) is 68.0 Å². The van der Waals surface area contributed by atoms with E-state index in [1.54, 1.807) is 6.07 Å². The van der Waals surface area contributed by atoms with E-state index in [-0.39, 0.29) is 22.8 Å². The lowest BCUT2D eigenvalue weighted by Crippen LogP contribution is -2.39. The molecule has 168 valence electrons. The van der Waals surface area contributed by atoms with Gasteiger partial charge in [0.05, 0.1) is 26.2 Å². The van der Waals surface area contributed by atoms with Gasteiger partial charge in [-0.05, 0) is 25.2 Å². The van der Waals surface area contributed by atoms with Crippen LogP contribution in [-0.2, 0) is 0 Å². The number of halogens is 1. The zero-order chi connectivity index (χ0) is 23.4. The molecular weight excluding hydrogens is 441 g/mol. The first-order valence-corrected chi connectivity index (χ1v) is 10.6. The first-order chi connectivity index (χ1) is 15.2. The highest BCUT2D eigenvalue weighted by Crippen LogP contribution is 2.32. The van der Waals surface area contributed by atoms with Gasteiger partial charge in [-0.1, -0.05) is 31.3 Å². The first-order valence-electron chi connectivity index (χ1n) is 9.78. The summed E-state index contributed by atoms with van der Waals surface area (Å²) in [6.07, 6.45) is 0. The molecule has 0 saturated carbocycles. The summed E-state index contributed by atoms with van der Waals surface area (Å²) in [6, 6.07) is 7.25. The molecule has 0 aliphatic carbocycles. The fourth-order valence-electron chi connectivity index (χ4n) is 3.17.